The molecule has 1 aliphatic heterocycles. The minimum atomic E-state index is 0.137. The molecule has 1 unspecified atom stereocenters. The highest BCUT2D eigenvalue weighted by Crippen LogP contribution is 2.12. The number of piperidine rings is 1. The number of carbonyl (C=O) groups is 1. The lowest BCUT2D eigenvalue weighted by Gasteiger charge is -2.30. The third-order valence-electron chi connectivity index (χ3n) is 3.49. The fourth-order valence-corrected chi connectivity index (χ4v) is 2.53. The van der Waals surface area contributed by atoms with E-state index >= 15 is 0 Å². The average molecular weight is 265 g/mol. The molecule has 0 aliphatic carbocycles. The van der Waals surface area contributed by atoms with Crippen LogP contribution in [0.3, 0.4) is 0 Å². The van der Waals surface area contributed by atoms with Gasteiger partial charge in [-0.3, -0.25) is 4.79 Å². The second-order valence-corrected chi connectivity index (χ2v) is 5.15. The Labute approximate surface area is 114 Å². The summed E-state index contributed by atoms with van der Waals surface area (Å²) in [4.78, 5) is 18.1. The van der Waals surface area contributed by atoms with Crippen molar-refractivity contribution >= 4 is 5.91 Å². The maximum Gasteiger partial charge on any atom is 0.244 e. The molecule has 6 heteroatoms. The molecule has 1 fully saturated rings. The minimum Gasteiger partial charge on any atom is -0.341 e. The van der Waals surface area contributed by atoms with E-state index in [0.29, 0.717) is 12.5 Å². The number of nitrogens with one attached hydrogen (secondary N) is 1. The van der Waals surface area contributed by atoms with Crippen LogP contribution >= 0.6 is 0 Å². The van der Waals surface area contributed by atoms with E-state index in [-0.39, 0.29) is 5.91 Å². The van der Waals surface area contributed by atoms with Crippen LogP contribution in [0.2, 0.25) is 0 Å². The zero-order valence-electron chi connectivity index (χ0n) is 11.6. The lowest BCUT2D eigenvalue weighted by atomic mass is 9.99. The Morgan fingerprint density at radius 1 is 1.58 bits per heavy atom. The van der Waals surface area contributed by atoms with Crippen molar-refractivity contribution in [3.63, 3.8) is 0 Å². The van der Waals surface area contributed by atoms with Gasteiger partial charge in [0, 0.05) is 13.1 Å². The number of carbonyl (C=O) groups excluding carboxylic acids is 1. The second-order valence-electron chi connectivity index (χ2n) is 5.15. The minimum absolute atomic E-state index is 0.137. The summed E-state index contributed by atoms with van der Waals surface area (Å²) in [5.74, 6) is 0.720. The lowest BCUT2D eigenvalue weighted by Crippen LogP contribution is -2.42. The van der Waals surface area contributed by atoms with Crippen LogP contribution in [0.15, 0.2) is 12.7 Å². The molecule has 1 aliphatic rings. The van der Waals surface area contributed by atoms with Crippen LogP contribution in [0.25, 0.3) is 0 Å². The molecule has 1 N–H and O–H groups in total. The summed E-state index contributed by atoms with van der Waals surface area (Å²) >= 11 is 0. The summed E-state index contributed by atoms with van der Waals surface area (Å²) in [6, 6.07) is 0. The third kappa shape index (κ3) is 4.31. The lowest BCUT2D eigenvalue weighted by molar-refractivity contribution is -0.132. The quantitative estimate of drug-likeness (QED) is 0.814. The number of hydrogen-bond donors (Lipinski definition) is 1. The molecule has 106 valence electrons. The predicted molar refractivity (Wildman–Crippen MR) is 72.5 cm³/mol. The molecule has 0 aromatic carbocycles. The molecule has 2 heterocycles. The summed E-state index contributed by atoms with van der Waals surface area (Å²) < 4.78 is 1.59. The fraction of sp³-hybridized carbons (Fsp3) is 0.769. The smallest absolute Gasteiger partial charge is 0.244 e. The van der Waals surface area contributed by atoms with Gasteiger partial charge in [0.05, 0.1) is 0 Å². The number of nitrogens with zero attached hydrogens (tertiary/aromatic N) is 4. The van der Waals surface area contributed by atoms with Crippen molar-refractivity contribution in [3.05, 3.63) is 12.7 Å². The van der Waals surface area contributed by atoms with E-state index in [9.17, 15) is 4.79 Å². The monoisotopic (exact) mass is 265 g/mol. The van der Waals surface area contributed by atoms with Gasteiger partial charge in [-0.15, -0.1) is 0 Å². The van der Waals surface area contributed by atoms with Crippen molar-refractivity contribution in [1.29, 1.82) is 0 Å². The molecule has 6 nitrogen and oxygen atoms in total. The van der Waals surface area contributed by atoms with E-state index < -0.39 is 0 Å². The standard InChI is InChI=1S/C13H23N5O/c1-2-6-17(8-12-4-3-5-14-7-12)13(19)9-18-11-15-10-16-18/h10-12,14H,2-9H2,1H3. The molecule has 1 aromatic heterocycles. The summed E-state index contributed by atoms with van der Waals surface area (Å²) in [5.41, 5.74) is 0. The molecule has 0 bridgehead atoms. The van der Waals surface area contributed by atoms with Gasteiger partial charge in [0.15, 0.2) is 0 Å². The van der Waals surface area contributed by atoms with E-state index in [1.807, 2.05) is 4.90 Å². The Balaban J connectivity index is 1.88. The Morgan fingerprint density at radius 3 is 3.11 bits per heavy atom. The average Bonchev–Trinajstić information content (AvgIpc) is 2.92. The number of hydrogen-bond acceptors (Lipinski definition) is 4. The zero-order valence-corrected chi connectivity index (χ0v) is 11.6. The van der Waals surface area contributed by atoms with Gasteiger partial charge >= 0.3 is 0 Å². The van der Waals surface area contributed by atoms with E-state index in [2.05, 4.69) is 22.3 Å². The first-order valence-corrected chi connectivity index (χ1v) is 7.10. The molecule has 0 saturated carbocycles. The van der Waals surface area contributed by atoms with Crippen LogP contribution in [0, 0.1) is 5.92 Å². The number of amides is 1. The first kappa shape index (κ1) is 14.0. The molecule has 0 spiro atoms. The molecule has 1 amide bonds. The topological polar surface area (TPSA) is 63.1 Å². The highest BCUT2D eigenvalue weighted by molar-refractivity contribution is 5.75. The van der Waals surface area contributed by atoms with E-state index in [0.717, 1.165) is 32.6 Å². The van der Waals surface area contributed by atoms with Gasteiger partial charge in [-0.1, -0.05) is 6.92 Å². The van der Waals surface area contributed by atoms with Crippen molar-refractivity contribution < 1.29 is 4.79 Å². The van der Waals surface area contributed by atoms with Gasteiger partial charge in [-0.05, 0) is 38.3 Å². The van der Waals surface area contributed by atoms with Gasteiger partial charge in [0.25, 0.3) is 0 Å². The highest BCUT2D eigenvalue weighted by atomic mass is 16.2. The number of rotatable bonds is 6. The Bertz CT molecular complexity index is 372. The molecule has 1 atom stereocenters. The van der Waals surface area contributed by atoms with Gasteiger partial charge in [-0.2, -0.15) is 5.10 Å². The largest absolute Gasteiger partial charge is 0.341 e. The van der Waals surface area contributed by atoms with Crippen LogP contribution in [0.1, 0.15) is 26.2 Å². The molecule has 19 heavy (non-hydrogen) atoms. The molecule has 2 rings (SSSR count). The van der Waals surface area contributed by atoms with E-state index in [4.69, 9.17) is 0 Å². The summed E-state index contributed by atoms with van der Waals surface area (Å²) in [7, 11) is 0. The van der Waals surface area contributed by atoms with Crippen molar-refractivity contribution in [2.75, 3.05) is 26.2 Å². The van der Waals surface area contributed by atoms with Crippen LogP contribution in [-0.2, 0) is 11.3 Å². The van der Waals surface area contributed by atoms with Gasteiger partial charge in [0.1, 0.15) is 19.2 Å². The molecule has 1 aromatic rings. The van der Waals surface area contributed by atoms with Crippen molar-refractivity contribution in [3.8, 4) is 0 Å². The van der Waals surface area contributed by atoms with Gasteiger partial charge < -0.3 is 10.2 Å². The van der Waals surface area contributed by atoms with Crippen molar-refractivity contribution in [1.82, 2.24) is 25.0 Å². The Morgan fingerprint density at radius 2 is 2.47 bits per heavy atom. The third-order valence-corrected chi connectivity index (χ3v) is 3.49. The van der Waals surface area contributed by atoms with Crippen LogP contribution in [0.4, 0.5) is 0 Å². The normalized spacial score (nSPS) is 19.3. The SMILES string of the molecule is CCCN(CC1CCCNC1)C(=O)Cn1cncn1. The predicted octanol–water partition coefficient (Wildman–Crippen LogP) is 0.516. The zero-order chi connectivity index (χ0) is 13.5. The first-order valence-electron chi connectivity index (χ1n) is 7.10. The van der Waals surface area contributed by atoms with Crippen LogP contribution in [0.5, 0.6) is 0 Å². The maximum absolute atomic E-state index is 12.3. The molecule has 0 radical (unpaired) electrons. The van der Waals surface area contributed by atoms with Gasteiger partial charge in [-0.25, -0.2) is 9.67 Å². The Hall–Kier alpha value is -1.43. The highest BCUT2D eigenvalue weighted by Gasteiger charge is 2.20. The van der Waals surface area contributed by atoms with Crippen molar-refractivity contribution in [2.45, 2.75) is 32.7 Å². The fourth-order valence-electron chi connectivity index (χ4n) is 2.53. The summed E-state index contributed by atoms with van der Waals surface area (Å²) in [5, 5.41) is 7.39. The van der Waals surface area contributed by atoms with E-state index in [1.165, 1.54) is 19.2 Å². The van der Waals surface area contributed by atoms with Crippen LogP contribution in [-0.4, -0.2) is 51.8 Å². The summed E-state index contributed by atoms with van der Waals surface area (Å²) in [6.45, 7) is 6.21. The van der Waals surface area contributed by atoms with Crippen molar-refractivity contribution in [2.24, 2.45) is 5.92 Å². The number of aromatic nitrogens is 3. The second kappa shape index (κ2) is 7.23. The molecule has 1 saturated heterocycles. The van der Waals surface area contributed by atoms with E-state index in [1.54, 1.807) is 11.0 Å². The molecular weight excluding hydrogens is 242 g/mol. The summed E-state index contributed by atoms with van der Waals surface area (Å²) in [6.07, 6.45) is 6.46. The van der Waals surface area contributed by atoms with Crippen LogP contribution < -0.4 is 5.32 Å². The maximum atomic E-state index is 12.3. The molecular formula is C13H23N5O. The Kier molecular flexibility index (Phi) is 5.32. The van der Waals surface area contributed by atoms with Gasteiger partial charge in [0.2, 0.25) is 5.91 Å². The first-order chi connectivity index (χ1) is 9.29.